The Hall–Kier alpha value is -2.56. The molecule has 0 aliphatic rings. The molecule has 0 bridgehead atoms. The third kappa shape index (κ3) is 3.06. The van der Waals surface area contributed by atoms with Crippen LogP contribution in [0.2, 0.25) is 0 Å². The minimum Gasteiger partial charge on any atom is -0.496 e. The number of nitrogens with one attached hydrogen (secondary N) is 1. The maximum atomic E-state index is 12.0. The van der Waals surface area contributed by atoms with Crippen LogP contribution in [0.3, 0.4) is 0 Å². The predicted octanol–water partition coefficient (Wildman–Crippen LogP) is 2.67. The maximum Gasteiger partial charge on any atom is 0.275 e. The molecular formula is C15H16N2O3. The summed E-state index contributed by atoms with van der Waals surface area (Å²) in [5, 5.41) is 3.93. The Morgan fingerprint density at radius 1 is 1.35 bits per heavy atom. The SMILES string of the molecule is COc1ccccc1C(=O)N/N=C/c1cc(C)oc1C. The lowest BCUT2D eigenvalue weighted by molar-refractivity contribution is 0.0952. The van der Waals surface area contributed by atoms with Crippen molar-refractivity contribution in [2.75, 3.05) is 7.11 Å². The van der Waals surface area contributed by atoms with Gasteiger partial charge < -0.3 is 9.15 Å². The van der Waals surface area contributed by atoms with Crippen molar-refractivity contribution in [1.29, 1.82) is 0 Å². The van der Waals surface area contributed by atoms with Crippen LogP contribution >= 0.6 is 0 Å². The Balaban J connectivity index is 2.07. The number of aryl methyl sites for hydroxylation is 2. The predicted molar refractivity (Wildman–Crippen MR) is 76.2 cm³/mol. The zero-order chi connectivity index (χ0) is 14.5. The van der Waals surface area contributed by atoms with Gasteiger partial charge in [0.2, 0.25) is 0 Å². The maximum absolute atomic E-state index is 12.0. The fraction of sp³-hybridized carbons (Fsp3) is 0.200. The highest BCUT2D eigenvalue weighted by Crippen LogP contribution is 2.16. The fourth-order valence-corrected chi connectivity index (χ4v) is 1.83. The zero-order valence-corrected chi connectivity index (χ0v) is 11.6. The fourth-order valence-electron chi connectivity index (χ4n) is 1.83. The number of ether oxygens (including phenoxy) is 1. The largest absolute Gasteiger partial charge is 0.496 e. The van der Waals surface area contributed by atoms with Crippen molar-refractivity contribution in [3.05, 3.63) is 53.0 Å². The summed E-state index contributed by atoms with van der Waals surface area (Å²) < 4.78 is 10.5. The summed E-state index contributed by atoms with van der Waals surface area (Å²) in [6.45, 7) is 3.70. The smallest absolute Gasteiger partial charge is 0.275 e. The van der Waals surface area contributed by atoms with Gasteiger partial charge in [-0.2, -0.15) is 5.10 Å². The Bertz CT molecular complexity index is 644. The lowest BCUT2D eigenvalue weighted by Crippen LogP contribution is -2.18. The van der Waals surface area contributed by atoms with Crippen molar-refractivity contribution in [1.82, 2.24) is 5.43 Å². The Kier molecular flexibility index (Phi) is 4.20. The summed E-state index contributed by atoms with van der Waals surface area (Å²) in [6, 6.07) is 8.83. The topological polar surface area (TPSA) is 63.8 Å². The van der Waals surface area contributed by atoms with E-state index < -0.39 is 0 Å². The molecule has 5 heteroatoms. The van der Waals surface area contributed by atoms with Gasteiger partial charge in [-0.3, -0.25) is 4.79 Å². The van der Waals surface area contributed by atoms with Crippen molar-refractivity contribution in [2.45, 2.75) is 13.8 Å². The second-order valence-corrected chi connectivity index (χ2v) is 4.27. The number of furan rings is 1. The number of nitrogens with zero attached hydrogens (tertiary/aromatic N) is 1. The molecule has 20 heavy (non-hydrogen) atoms. The average Bonchev–Trinajstić information content (AvgIpc) is 2.77. The number of hydrogen-bond donors (Lipinski definition) is 1. The number of para-hydroxylation sites is 1. The van der Waals surface area contributed by atoms with E-state index in [1.54, 1.807) is 30.5 Å². The van der Waals surface area contributed by atoms with E-state index in [1.165, 1.54) is 7.11 Å². The molecule has 0 spiro atoms. The number of rotatable bonds is 4. The first-order valence-corrected chi connectivity index (χ1v) is 6.15. The first-order valence-electron chi connectivity index (χ1n) is 6.15. The van der Waals surface area contributed by atoms with Crippen LogP contribution in [-0.2, 0) is 0 Å². The van der Waals surface area contributed by atoms with Crippen LogP contribution in [0.1, 0.15) is 27.4 Å². The Morgan fingerprint density at radius 3 is 2.75 bits per heavy atom. The number of benzene rings is 1. The minimum absolute atomic E-state index is 0.323. The summed E-state index contributed by atoms with van der Waals surface area (Å²) in [7, 11) is 1.52. The third-order valence-electron chi connectivity index (χ3n) is 2.80. The zero-order valence-electron chi connectivity index (χ0n) is 11.6. The van der Waals surface area contributed by atoms with Crippen molar-refractivity contribution in [3.63, 3.8) is 0 Å². The van der Waals surface area contributed by atoms with E-state index in [2.05, 4.69) is 10.5 Å². The van der Waals surface area contributed by atoms with Crippen LogP contribution in [0, 0.1) is 13.8 Å². The van der Waals surface area contributed by atoms with E-state index in [9.17, 15) is 4.79 Å². The van der Waals surface area contributed by atoms with Crippen LogP contribution in [0.4, 0.5) is 0 Å². The lowest BCUT2D eigenvalue weighted by atomic mass is 10.2. The van der Waals surface area contributed by atoms with Crippen molar-refractivity contribution in [3.8, 4) is 5.75 Å². The van der Waals surface area contributed by atoms with Gasteiger partial charge in [0.15, 0.2) is 0 Å². The van der Waals surface area contributed by atoms with Gasteiger partial charge in [0, 0.05) is 5.56 Å². The normalized spacial score (nSPS) is 10.8. The first kappa shape index (κ1) is 13.9. The number of hydrazone groups is 1. The quantitative estimate of drug-likeness (QED) is 0.687. The molecule has 1 N–H and O–H groups in total. The lowest BCUT2D eigenvalue weighted by Gasteiger charge is -2.05. The van der Waals surface area contributed by atoms with E-state index >= 15 is 0 Å². The van der Waals surface area contributed by atoms with Gasteiger partial charge in [0.25, 0.3) is 5.91 Å². The van der Waals surface area contributed by atoms with Crippen LogP contribution in [-0.4, -0.2) is 19.2 Å². The number of hydrogen-bond acceptors (Lipinski definition) is 4. The van der Waals surface area contributed by atoms with Gasteiger partial charge in [-0.15, -0.1) is 0 Å². The van der Waals surface area contributed by atoms with Crippen LogP contribution in [0.5, 0.6) is 5.75 Å². The number of amides is 1. The highest BCUT2D eigenvalue weighted by Gasteiger charge is 2.10. The molecule has 2 rings (SSSR count). The molecule has 104 valence electrons. The molecule has 2 aromatic rings. The number of carbonyl (C=O) groups excluding carboxylic acids is 1. The van der Waals surface area contributed by atoms with Crippen molar-refractivity contribution >= 4 is 12.1 Å². The summed E-state index contributed by atoms with van der Waals surface area (Å²) in [4.78, 5) is 12.0. The molecule has 1 aromatic carbocycles. The first-order chi connectivity index (χ1) is 9.61. The molecule has 0 atom stereocenters. The molecule has 1 aromatic heterocycles. The van der Waals surface area contributed by atoms with Crippen LogP contribution < -0.4 is 10.2 Å². The van der Waals surface area contributed by atoms with E-state index in [4.69, 9.17) is 9.15 Å². The molecule has 0 saturated carbocycles. The molecule has 0 saturated heterocycles. The third-order valence-corrected chi connectivity index (χ3v) is 2.80. The summed E-state index contributed by atoms with van der Waals surface area (Å²) in [6.07, 6.45) is 1.55. The molecule has 0 unspecified atom stereocenters. The average molecular weight is 272 g/mol. The van der Waals surface area contributed by atoms with Gasteiger partial charge in [-0.05, 0) is 32.0 Å². The Labute approximate surface area is 117 Å². The molecule has 0 aliphatic heterocycles. The second kappa shape index (κ2) is 6.06. The minimum atomic E-state index is -0.323. The standard InChI is InChI=1S/C15H16N2O3/c1-10-8-12(11(2)20-10)9-16-17-15(18)13-6-4-5-7-14(13)19-3/h4-9H,1-3H3,(H,17,18)/b16-9+. The van der Waals surface area contributed by atoms with E-state index in [1.807, 2.05) is 19.9 Å². The molecule has 0 fully saturated rings. The van der Waals surface area contributed by atoms with E-state index in [0.717, 1.165) is 17.1 Å². The van der Waals surface area contributed by atoms with Gasteiger partial charge in [-0.25, -0.2) is 5.43 Å². The molecule has 0 aliphatic carbocycles. The summed E-state index contributed by atoms with van der Waals surface area (Å²) in [5.41, 5.74) is 3.74. The van der Waals surface area contributed by atoms with E-state index in [-0.39, 0.29) is 5.91 Å². The summed E-state index contributed by atoms with van der Waals surface area (Å²) >= 11 is 0. The van der Waals surface area contributed by atoms with Gasteiger partial charge in [-0.1, -0.05) is 12.1 Å². The molecule has 1 heterocycles. The van der Waals surface area contributed by atoms with Crippen LogP contribution in [0.15, 0.2) is 39.9 Å². The molecule has 5 nitrogen and oxygen atoms in total. The van der Waals surface area contributed by atoms with Gasteiger partial charge in [0.1, 0.15) is 17.3 Å². The Morgan fingerprint density at radius 2 is 2.10 bits per heavy atom. The summed E-state index contributed by atoms with van der Waals surface area (Å²) in [5.74, 6) is 1.75. The number of methoxy groups -OCH3 is 1. The second-order valence-electron chi connectivity index (χ2n) is 4.27. The molecular weight excluding hydrogens is 256 g/mol. The van der Waals surface area contributed by atoms with Crippen LogP contribution in [0.25, 0.3) is 0 Å². The number of carbonyl (C=O) groups is 1. The molecule has 1 amide bonds. The molecule has 0 radical (unpaired) electrons. The highest BCUT2D eigenvalue weighted by molar-refractivity contribution is 5.97. The van der Waals surface area contributed by atoms with Crippen molar-refractivity contribution < 1.29 is 13.9 Å². The van der Waals surface area contributed by atoms with E-state index in [0.29, 0.717) is 11.3 Å². The van der Waals surface area contributed by atoms with Gasteiger partial charge in [0.05, 0.1) is 18.9 Å². The van der Waals surface area contributed by atoms with Crippen molar-refractivity contribution in [2.24, 2.45) is 5.10 Å². The van der Waals surface area contributed by atoms with Gasteiger partial charge >= 0.3 is 0 Å². The highest BCUT2D eigenvalue weighted by atomic mass is 16.5. The monoisotopic (exact) mass is 272 g/mol.